The molecule has 0 saturated carbocycles. The van der Waals surface area contributed by atoms with E-state index >= 15 is 0 Å². The molecule has 0 unspecified atom stereocenters. The first-order chi connectivity index (χ1) is 9.77. The fraction of sp³-hybridized carbons (Fsp3) is 0.0769. The zero-order valence-corrected chi connectivity index (χ0v) is 12.3. The second-order valence-corrected chi connectivity index (χ2v) is 6.33. The molecule has 0 bridgehead atoms. The summed E-state index contributed by atoms with van der Waals surface area (Å²) in [5, 5.41) is 27.0. The lowest BCUT2D eigenvalue weighted by Crippen LogP contribution is -2.12. The van der Waals surface area contributed by atoms with Crippen molar-refractivity contribution in [2.45, 2.75) is 11.4 Å². The summed E-state index contributed by atoms with van der Waals surface area (Å²) in [6.07, 6.45) is 0. The molecule has 0 radical (unpaired) electrons. The Morgan fingerprint density at radius 1 is 1.10 bits per heavy atom. The minimum Gasteiger partial charge on any atom is -0.504 e. The summed E-state index contributed by atoms with van der Waals surface area (Å²) in [6.45, 7) is 0.279. The highest BCUT2D eigenvalue weighted by Crippen LogP contribution is 2.27. The van der Waals surface area contributed by atoms with Crippen LogP contribution in [0.5, 0.6) is 11.5 Å². The van der Waals surface area contributed by atoms with E-state index < -0.39 is 10.0 Å². The van der Waals surface area contributed by atoms with Gasteiger partial charge in [-0.1, -0.05) is 17.7 Å². The predicted molar refractivity (Wildman–Crippen MR) is 79.9 cm³/mol. The first-order valence-electron chi connectivity index (χ1n) is 5.84. The van der Waals surface area contributed by atoms with E-state index in [1.54, 1.807) is 6.07 Å². The van der Waals surface area contributed by atoms with Crippen LogP contribution in [-0.2, 0) is 16.6 Å². The van der Waals surface area contributed by atoms with Crippen molar-refractivity contribution >= 4 is 27.3 Å². The predicted octanol–water partition coefficient (Wildman–Crippen LogP) is 2.01. The van der Waals surface area contributed by atoms with Gasteiger partial charge in [0.2, 0.25) is 10.0 Å². The van der Waals surface area contributed by atoms with Crippen molar-refractivity contribution in [3.8, 4) is 11.5 Å². The van der Waals surface area contributed by atoms with E-state index in [0.29, 0.717) is 16.3 Å². The molecule has 0 fully saturated rings. The lowest BCUT2D eigenvalue weighted by Gasteiger charge is -2.10. The summed E-state index contributed by atoms with van der Waals surface area (Å²) in [4.78, 5) is -0.0528. The molecule has 0 heterocycles. The first kappa shape index (κ1) is 15.4. The van der Waals surface area contributed by atoms with E-state index in [0.717, 1.165) is 0 Å². The Hall–Kier alpha value is -1.96. The van der Waals surface area contributed by atoms with Gasteiger partial charge in [0.15, 0.2) is 11.5 Å². The van der Waals surface area contributed by atoms with Crippen LogP contribution in [0.4, 0.5) is 5.69 Å². The molecule has 0 aliphatic heterocycles. The van der Waals surface area contributed by atoms with Crippen LogP contribution in [0.15, 0.2) is 41.3 Å². The van der Waals surface area contributed by atoms with Crippen LogP contribution >= 0.6 is 11.6 Å². The maximum Gasteiger partial charge on any atom is 0.238 e. The van der Waals surface area contributed by atoms with Crippen molar-refractivity contribution in [2.24, 2.45) is 5.14 Å². The van der Waals surface area contributed by atoms with Crippen LogP contribution in [0.25, 0.3) is 0 Å². The molecule has 2 rings (SSSR count). The van der Waals surface area contributed by atoms with E-state index in [-0.39, 0.29) is 22.9 Å². The number of nitrogens with two attached hydrogens (primary N) is 1. The van der Waals surface area contributed by atoms with Gasteiger partial charge in [-0.3, -0.25) is 0 Å². The first-order valence-corrected chi connectivity index (χ1v) is 7.77. The molecule has 2 aromatic carbocycles. The molecule has 6 nitrogen and oxygen atoms in total. The van der Waals surface area contributed by atoms with E-state index in [9.17, 15) is 18.6 Å². The van der Waals surface area contributed by atoms with Crippen molar-refractivity contribution < 1.29 is 18.6 Å². The van der Waals surface area contributed by atoms with Crippen LogP contribution in [0, 0.1) is 0 Å². The van der Waals surface area contributed by atoms with Crippen molar-refractivity contribution in [1.82, 2.24) is 0 Å². The number of phenolic OH excluding ortho intramolecular Hbond substituents is 2. The minimum absolute atomic E-state index is 0.0528. The largest absolute Gasteiger partial charge is 0.504 e. The number of nitrogens with one attached hydrogen (secondary N) is 1. The maximum atomic E-state index is 11.3. The summed E-state index contributed by atoms with van der Waals surface area (Å²) in [7, 11) is -3.81. The Kier molecular flexibility index (Phi) is 4.26. The monoisotopic (exact) mass is 328 g/mol. The molecule has 0 aliphatic carbocycles. The van der Waals surface area contributed by atoms with Gasteiger partial charge in [0.1, 0.15) is 0 Å². The smallest absolute Gasteiger partial charge is 0.238 e. The lowest BCUT2D eigenvalue weighted by molar-refractivity contribution is 0.403. The summed E-state index contributed by atoms with van der Waals surface area (Å²) < 4.78 is 22.6. The average molecular weight is 329 g/mol. The van der Waals surface area contributed by atoms with Crippen molar-refractivity contribution in [3.63, 3.8) is 0 Å². The van der Waals surface area contributed by atoms with Crippen LogP contribution in [-0.4, -0.2) is 18.6 Å². The van der Waals surface area contributed by atoms with Gasteiger partial charge in [-0.05, 0) is 35.9 Å². The highest BCUT2D eigenvalue weighted by atomic mass is 35.5. The Morgan fingerprint density at radius 3 is 2.43 bits per heavy atom. The second-order valence-electron chi connectivity index (χ2n) is 4.36. The number of rotatable bonds is 4. The number of sulfonamides is 1. The molecule has 2 aromatic rings. The summed E-state index contributed by atoms with van der Waals surface area (Å²) >= 11 is 5.98. The molecule has 0 aromatic heterocycles. The highest BCUT2D eigenvalue weighted by molar-refractivity contribution is 7.89. The Morgan fingerprint density at radius 2 is 1.81 bits per heavy atom. The molecule has 8 heteroatoms. The van der Waals surface area contributed by atoms with Crippen LogP contribution in [0.2, 0.25) is 5.02 Å². The zero-order chi connectivity index (χ0) is 15.6. The molecule has 0 spiro atoms. The third-order valence-corrected chi connectivity index (χ3v) is 4.03. The molecular formula is C13H13ClN2O4S. The van der Waals surface area contributed by atoms with Crippen LogP contribution in [0.3, 0.4) is 0 Å². The number of benzene rings is 2. The molecule has 5 N–H and O–H groups in total. The van der Waals surface area contributed by atoms with Crippen molar-refractivity contribution in [3.05, 3.63) is 47.0 Å². The van der Waals surface area contributed by atoms with Gasteiger partial charge in [-0.25, -0.2) is 13.6 Å². The van der Waals surface area contributed by atoms with Crippen LogP contribution in [0.1, 0.15) is 5.56 Å². The normalized spacial score (nSPS) is 11.3. The minimum atomic E-state index is -3.81. The van der Waals surface area contributed by atoms with Crippen LogP contribution < -0.4 is 10.5 Å². The fourth-order valence-electron chi connectivity index (χ4n) is 1.69. The molecule has 0 atom stereocenters. The number of halogens is 1. The van der Waals surface area contributed by atoms with E-state index in [4.69, 9.17) is 16.7 Å². The topological polar surface area (TPSA) is 113 Å². The van der Waals surface area contributed by atoms with Gasteiger partial charge >= 0.3 is 0 Å². The summed E-state index contributed by atoms with van der Waals surface area (Å²) in [6, 6.07) is 8.43. The summed E-state index contributed by atoms with van der Waals surface area (Å²) in [5.74, 6) is -0.452. The Labute approximate surface area is 126 Å². The third kappa shape index (κ3) is 3.78. The Bertz CT molecular complexity index is 778. The molecule has 21 heavy (non-hydrogen) atoms. The number of primary sulfonamides is 1. The molecule has 0 saturated heterocycles. The molecule has 0 aliphatic rings. The lowest BCUT2D eigenvalue weighted by atomic mass is 10.2. The number of hydrogen-bond donors (Lipinski definition) is 4. The van der Waals surface area contributed by atoms with Gasteiger partial charge < -0.3 is 15.5 Å². The number of anilines is 1. The quantitative estimate of drug-likeness (QED) is 0.641. The van der Waals surface area contributed by atoms with Crippen molar-refractivity contribution in [2.75, 3.05) is 5.32 Å². The number of hydrogen-bond acceptors (Lipinski definition) is 5. The molecule has 112 valence electrons. The van der Waals surface area contributed by atoms with Gasteiger partial charge in [-0.2, -0.15) is 0 Å². The molecular weight excluding hydrogens is 316 g/mol. The SMILES string of the molecule is NS(=O)(=O)c1ccc(Cl)c(NCc2ccc(O)c(O)c2)c1. The van der Waals surface area contributed by atoms with E-state index in [2.05, 4.69) is 5.32 Å². The zero-order valence-electron chi connectivity index (χ0n) is 10.7. The van der Waals surface area contributed by atoms with Crippen molar-refractivity contribution in [1.29, 1.82) is 0 Å². The summed E-state index contributed by atoms with van der Waals surface area (Å²) in [5.41, 5.74) is 1.08. The average Bonchev–Trinajstić information content (AvgIpc) is 2.40. The Balaban J connectivity index is 2.21. The van der Waals surface area contributed by atoms with Gasteiger partial charge in [0, 0.05) is 6.54 Å². The van der Waals surface area contributed by atoms with Gasteiger partial charge in [0.05, 0.1) is 15.6 Å². The van der Waals surface area contributed by atoms with Gasteiger partial charge in [-0.15, -0.1) is 0 Å². The van der Waals surface area contributed by atoms with E-state index in [1.165, 1.54) is 30.3 Å². The molecule has 0 amide bonds. The highest BCUT2D eigenvalue weighted by Gasteiger charge is 2.11. The second kappa shape index (κ2) is 5.80. The fourth-order valence-corrected chi connectivity index (χ4v) is 2.42. The van der Waals surface area contributed by atoms with E-state index in [1.807, 2.05) is 0 Å². The maximum absolute atomic E-state index is 11.3. The standard InChI is InChI=1S/C13H13ClN2O4S/c14-10-3-2-9(21(15,19)20)6-11(10)16-7-8-1-4-12(17)13(18)5-8/h1-6,16-18H,7H2,(H2,15,19,20). The third-order valence-electron chi connectivity index (χ3n) is 2.79. The van der Waals surface area contributed by atoms with Gasteiger partial charge in [0.25, 0.3) is 0 Å². The number of phenols is 2. The number of aromatic hydroxyl groups is 2.